The molecule has 0 bridgehead atoms. The number of rotatable bonds is 9. The van der Waals surface area contributed by atoms with Gasteiger partial charge in [-0.05, 0) is 54.6 Å². The van der Waals surface area contributed by atoms with E-state index in [1.54, 1.807) is 41.3 Å². The molecule has 1 aliphatic heterocycles. The molecule has 4 rings (SSSR count). The van der Waals surface area contributed by atoms with Crippen molar-refractivity contribution in [1.82, 2.24) is 20.5 Å². The van der Waals surface area contributed by atoms with Crippen LogP contribution in [0.2, 0.25) is 0 Å². The maximum Gasteiger partial charge on any atom is 0.416 e. The summed E-state index contributed by atoms with van der Waals surface area (Å²) in [6, 6.07) is 14.9. The molecule has 188 valence electrons. The zero-order valence-corrected chi connectivity index (χ0v) is 19.1. The number of ether oxygens (including phenoxy) is 1. The van der Waals surface area contributed by atoms with E-state index in [2.05, 4.69) is 15.6 Å². The maximum atomic E-state index is 13.3. The summed E-state index contributed by atoms with van der Waals surface area (Å²) in [6.45, 7) is 2.14. The number of aromatic nitrogens is 1. The molecule has 1 aliphatic rings. The Hall–Kier alpha value is -4.12. The van der Waals surface area contributed by atoms with Gasteiger partial charge in [-0.1, -0.05) is 6.07 Å². The van der Waals surface area contributed by atoms with E-state index in [1.165, 1.54) is 12.1 Å². The number of nitrogens with one attached hydrogen (secondary N) is 2. The second-order valence-electron chi connectivity index (χ2n) is 8.11. The molecule has 8 nitrogen and oxygen atoms in total. The number of benzene rings is 2. The molecule has 2 heterocycles. The zero-order valence-electron chi connectivity index (χ0n) is 19.1. The average molecular weight is 499 g/mol. The lowest BCUT2D eigenvalue weighted by molar-refractivity contribution is -0.137. The number of hydrogen-bond acceptors (Lipinski definition) is 5. The van der Waals surface area contributed by atoms with Gasteiger partial charge in [0.15, 0.2) is 0 Å². The highest BCUT2D eigenvalue weighted by atomic mass is 19.4. The minimum absolute atomic E-state index is 0.122. The first-order valence-electron chi connectivity index (χ1n) is 11.2. The number of nitrogens with two attached hydrogens (primary N) is 1. The number of carbonyl (C=O) groups is 2. The molecule has 1 fully saturated rings. The Kier molecular flexibility index (Phi) is 7.39. The highest BCUT2D eigenvalue weighted by molar-refractivity contribution is 5.91. The van der Waals surface area contributed by atoms with E-state index < -0.39 is 17.6 Å². The average Bonchev–Trinajstić information content (AvgIpc) is 3.27. The molecule has 3 amide bonds. The van der Waals surface area contributed by atoms with Crippen LogP contribution in [0.4, 0.5) is 18.0 Å². The second-order valence-corrected chi connectivity index (χ2v) is 8.11. The van der Waals surface area contributed by atoms with Crippen molar-refractivity contribution >= 4 is 11.9 Å². The highest BCUT2D eigenvalue weighted by Gasteiger charge is 2.31. The third-order valence-corrected chi connectivity index (χ3v) is 5.59. The molecule has 0 unspecified atom stereocenters. The number of carbonyl (C=O) groups excluding carboxylic acids is 2. The van der Waals surface area contributed by atoms with Crippen molar-refractivity contribution in [2.24, 2.45) is 5.73 Å². The van der Waals surface area contributed by atoms with Crippen molar-refractivity contribution in [1.29, 1.82) is 0 Å². The molecule has 1 saturated heterocycles. The fourth-order valence-corrected chi connectivity index (χ4v) is 3.71. The number of urea groups is 1. The Labute approximate surface area is 205 Å². The number of amides is 3. The topological polar surface area (TPSA) is 110 Å². The van der Waals surface area contributed by atoms with Crippen LogP contribution in [0.5, 0.6) is 11.5 Å². The number of nitrogens with zero attached hydrogens (tertiary/aromatic N) is 2. The molecule has 3 aromatic rings. The predicted molar refractivity (Wildman–Crippen MR) is 126 cm³/mol. The largest absolute Gasteiger partial charge is 0.457 e. The highest BCUT2D eigenvalue weighted by Crippen LogP contribution is 2.34. The van der Waals surface area contributed by atoms with Crippen LogP contribution in [0.1, 0.15) is 21.6 Å². The van der Waals surface area contributed by atoms with Gasteiger partial charge in [-0.25, -0.2) is 9.78 Å². The van der Waals surface area contributed by atoms with Gasteiger partial charge >= 0.3 is 12.2 Å². The Bertz CT molecular complexity index is 1250. The summed E-state index contributed by atoms with van der Waals surface area (Å²) < 4.78 is 45.8. The van der Waals surface area contributed by atoms with Gasteiger partial charge in [-0.15, -0.1) is 0 Å². The van der Waals surface area contributed by atoms with Gasteiger partial charge in [0, 0.05) is 43.9 Å². The summed E-state index contributed by atoms with van der Waals surface area (Å²) in [5, 5.41) is 5.78. The van der Waals surface area contributed by atoms with Gasteiger partial charge < -0.3 is 26.0 Å². The van der Waals surface area contributed by atoms with Gasteiger partial charge in [-0.2, -0.15) is 13.2 Å². The third-order valence-electron chi connectivity index (χ3n) is 5.59. The molecule has 4 N–H and O–H groups in total. The Morgan fingerprint density at radius 2 is 1.92 bits per heavy atom. The van der Waals surface area contributed by atoms with Crippen molar-refractivity contribution < 1.29 is 27.5 Å². The zero-order chi connectivity index (χ0) is 25.7. The molecule has 0 aliphatic carbocycles. The summed E-state index contributed by atoms with van der Waals surface area (Å²) in [7, 11) is 0. The van der Waals surface area contributed by atoms with Crippen molar-refractivity contribution in [2.45, 2.75) is 12.7 Å². The standard InChI is InChI=1S/C25H24F3N5O3/c26-25(27,28)18-6-9-22(17(14-18)15-30-10-12-33-13-11-31-24(33)35)36-19-7-4-16(5-8-19)20-2-1-3-21(32-20)23(29)34/h1-9,14,30H,10-13,15H2,(H2,29,34)(H,31,35). The Morgan fingerprint density at radius 1 is 1.14 bits per heavy atom. The van der Waals surface area contributed by atoms with Gasteiger partial charge in [0.1, 0.15) is 17.2 Å². The van der Waals surface area contributed by atoms with Crippen LogP contribution in [0.15, 0.2) is 60.7 Å². The van der Waals surface area contributed by atoms with Crippen LogP contribution < -0.4 is 21.1 Å². The van der Waals surface area contributed by atoms with Crippen LogP contribution in [-0.2, 0) is 12.7 Å². The van der Waals surface area contributed by atoms with E-state index in [4.69, 9.17) is 10.5 Å². The van der Waals surface area contributed by atoms with Gasteiger partial charge in [0.25, 0.3) is 5.91 Å². The second kappa shape index (κ2) is 10.6. The quantitative estimate of drug-likeness (QED) is 0.389. The molecular weight excluding hydrogens is 475 g/mol. The van der Waals surface area contributed by atoms with Crippen molar-refractivity contribution in [3.05, 3.63) is 77.5 Å². The summed E-state index contributed by atoms with van der Waals surface area (Å²) in [5.41, 5.74) is 6.24. The smallest absolute Gasteiger partial charge is 0.416 e. The summed E-state index contributed by atoms with van der Waals surface area (Å²) in [5.74, 6) is 0.0551. The fourth-order valence-electron chi connectivity index (χ4n) is 3.71. The normalized spacial score (nSPS) is 13.5. The molecule has 2 aromatic carbocycles. The monoisotopic (exact) mass is 499 g/mol. The molecule has 11 heteroatoms. The van der Waals surface area contributed by atoms with E-state index in [9.17, 15) is 22.8 Å². The summed E-state index contributed by atoms with van der Waals surface area (Å²) in [6.07, 6.45) is -4.49. The fraction of sp³-hybridized carbons (Fsp3) is 0.240. The maximum absolute atomic E-state index is 13.3. The Morgan fingerprint density at radius 3 is 2.58 bits per heavy atom. The third kappa shape index (κ3) is 6.11. The van der Waals surface area contributed by atoms with Gasteiger partial charge in [0.05, 0.1) is 11.3 Å². The first-order valence-corrected chi connectivity index (χ1v) is 11.2. The predicted octanol–water partition coefficient (Wildman–Crippen LogP) is 3.77. The first kappa shape index (κ1) is 25.0. The molecular formula is C25H24F3N5O3. The van der Waals surface area contributed by atoms with E-state index in [1.807, 2.05) is 0 Å². The lowest BCUT2D eigenvalue weighted by atomic mass is 10.1. The Balaban J connectivity index is 1.47. The molecule has 0 atom stereocenters. The first-order chi connectivity index (χ1) is 17.2. The van der Waals surface area contributed by atoms with E-state index >= 15 is 0 Å². The number of pyridine rings is 1. The van der Waals surface area contributed by atoms with Crippen LogP contribution in [0.25, 0.3) is 11.3 Å². The molecule has 0 saturated carbocycles. The molecule has 0 spiro atoms. The lowest BCUT2D eigenvalue weighted by Gasteiger charge is -2.17. The number of alkyl halides is 3. The van der Waals surface area contributed by atoms with E-state index in [0.717, 1.165) is 12.1 Å². The van der Waals surface area contributed by atoms with Crippen molar-refractivity contribution in [2.75, 3.05) is 26.2 Å². The summed E-state index contributed by atoms with van der Waals surface area (Å²) in [4.78, 5) is 28.9. The number of halogens is 3. The van der Waals surface area contributed by atoms with E-state index in [0.29, 0.717) is 48.7 Å². The van der Waals surface area contributed by atoms with Crippen LogP contribution in [0.3, 0.4) is 0 Å². The molecule has 1 aromatic heterocycles. The van der Waals surface area contributed by atoms with Gasteiger partial charge in [0.2, 0.25) is 0 Å². The van der Waals surface area contributed by atoms with E-state index in [-0.39, 0.29) is 24.0 Å². The lowest BCUT2D eigenvalue weighted by Crippen LogP contribution is -2.34. The van der Waals surface area contributed by atoms with Crippen LogP contribution in [0, 0.1) is 0 Å². The molecule has 0 radical (unpaired) electrons. The number of primary amides is 1. The number of hydrogen-bond donors (Lipinski definition) is 3. The van der Waals surface area contributed by atoms with Crippen molar-refractivity contribution in [3.63, 3.8) is 0 Å². The van der Waals surface area contributed by atoms with Gasteiger partial charge in [-0.3, -0.25) is 4.79 Å². The van der Waals surface area contributed by atoms with Crippen molar-refractivity contribution in [3.8, 4) is 22.8 Å². The summed E-state index contributed by atoms with van der Waals surface area (Å²) >= 11 is 0. The van der Waals surface area contributed by atoms with Crippen LogP contribution >= 0.6 is 0 Å². The minimum Gasteiger partial charge on any atom is -0.457 e. The SMILES string of the molecule is NC(=O)c1cccc(-c2ccc(Oc3ccc(C(F)(F)F)cc3CNCCN3CCNC3=O)cc2)n1. The molecule has 36 heavy (non-hydrogen) atoms. The van der Waals surface area contributed by atoms with Crippen LogP contribution in [-0.4, -0.2) is 48.0 Å². The minimum atomic E-state index is -4.49.